The van der Waals surface area contributed by atoms with Gasteiger partial charge in [0.05, 0.1) is 5.69 Å². The number of aromatic nitrogens is 2. The van der Waals surface area contributed by atoms with Crippen LogP contribution in [0, 0.1) is 5.92 Å². The highest BCUT2D eigenvalue weighted by molar-refractivity contribution is 5.97. The second kappa shape index (κ2) is 9.60. The van der Waals surface area contributed by atoms with Gasteiger partial charge < -0.3 is 10.1 Å². The molecule has 4 rings (SSSR count). The summed E-state index contributed by atoms with van der Waals surface area (Å²) in [5, 5.41) is 7.60. The third kappa shape index (κ3) is 5.20. The van der Waals surface area contributed by atoms with Gasteiger partial charge in [-0.1, -0.05) is 55.5 Å². The molecule has 6 heteroatoms. The smallest absolute Gasteiger partial charge is 0.342 e. The topological polar surface area (TPSA) is 73.2 Å². The summed E-state index contributed by atoms with van der Waals surface area (Å²) in [6.45, 7) is 1.94. The maximum Gasteiger partial charge on any atom is 0.342 e. The molecule has 1 heterocycles. The van der Waals surface area contributed by atoms with E-state index in [1.54, 1.807) is 10.9 Å². The molecule has 1 aliphatic carbocycles. The molecule has 1 aliphatic rings. The first-order valence-corrected chi connectivity index (χ1v) is 10.8. The van der Waals surface area contributed by atoms with Crippen molar-refractivity contribution in [1.82, 2.24) is 15.1 Å². The van der Waals surface area contributed by atoms with Gasteiger partial charge in [0.25, 0.3) is 5.91 Å². The minimum atomic E-state index is -0.562. The van der Waals surface area contributed by atoms with E-state index in [-0.39, 0.29) is 18.6 Å². The number of benzene rings is 2. The highest BCUT2D eigenvalue weighted by Gasteiger charge is 2.23. The summed E-state index contributed by atoms with van der Waals surface area (Å²) < 4.78 is 7.01. The Morgan fingerprint density at radius 2 is 1.65 bits per heavy atom. The predicted molar refractivity (Wildman–Crippen MR) is 119 cm³/mol. The number of ether oxygens (including phenoxy) is 1. The van der Waals surface area contributed by atoms with Gasteiger partial charge in [0, 0.05) is 17.8 Å². The number of esters is 1. The van der Waals surface area contributed by atoms with E-state index in [1.807, 2.05) is 60.7 Å². The fourth-order valence-corrected chi connectivity index (χ4v) is 3.93. The molecule has 1 aromatic heterocycles. The van der Waals surface area contributed by atoms with Gasteiger partial charge in [0.15, 0.2) is 6.61 Å². The number of amides is 1. The molecule has 0 bridgehead atoms. The lowest BCUT2D eigenvalue weighted by Crippen LogP contribution is -2.39. The SMILES string of the molecule is CC1CCC(NC(=O)COC(=O)c2cn(-c3ccccc3)nc2-c2ccccc2)CC1. The number of hydrogen-bond donors (Lipinski definition) is 1. The molecule has 0 radical (unpaired) electrons. The molecule has 1 fully saturated rings. The first kappa shape index (κ1) is 20.8. The van der Waals surface area contributed by atoms with Crippen molar-refractivity contribution in [2.75, 3.05) is 6.61 Å². The van der Waals surface area contributed by atoms with Gasteiger partial charge in [0.2, 0.25) is 0 Å². The van der Waals surface area contributed by atoms with Crippen molar-refractivity contribution >= 4 is 11.9 Å². The van der Waals surface area contributed by atoms with E-state index in [0.29, 0.717) is 17.2 Å². The third-order valence-electron chi connectivity index (χ3n) is 5.72. The molecule has 1 saturated carbocycles. The Morgan fingerprint density at radius 3 is 2.32 bits per heavy atom. The largest absolute Gasteiger partial charge is 0.452 e. The summed E-state index contributed by atoms with van der Waals surface area (Å²) >= 11 is 0. The van der Waals surface area contributed by atoms with Gasteiger partial charge in [-0.05, 0) is 43.7 Å². The van der Waals surface area contributed by atoms with E-state index in [9.17, 15) is 9.59 Å². The standard InChI is InChI=1S/C25H27N3O3/c1-18-12-14-20(15-13-18)26-23(29)17-31-25(30)22-16-28(21-10-6-3-7-11-21)27-24(22)19-8-4-2-5-9-19/h2-11,16,18,20H,12-15,17H2,1H3,(H,26,29). The van der Waals surface area contributed by atoms with Crippen LogP contribution in [0.5, 0.6) is 0 Å². The minimum absolute atomic E-state index is 0.170. The normalized spacial score (nSPS) is 18.4. The number of nitrogens with one attached hydrogen (secondary N) is 1. The molecule has 0 atom stereocenters. The van der Waals surface area contributed by atoms with E-state index in [4.69, 9.17) is 4.74 Å². The zero-order chi connectivity index (χ0) is 21.6. The lowest BCUT2D eigenvalue weighted by molar-refractivity contribution is -0.125. The molecule has 1 amide bonds. The maximum absolute atomic E-state index is 12.9. The molecular weight excluding hydrogens is 390 g/mol. The Bertz CT molecular complexity index is 1020. The number of carbonyl (C=O) groups is 2. The zero-order valence-corrected chi connectivity index (χ0v) is 17.7. The average molecular weight is 418 g/mol. The molecule has 6 nitrogen and oxygen atoms in total. The van der Waals surface area contributed by atoms with Gasteiger partial charge in [-0.15, -0.1) is 0 Å². The summed E-state index contributed by atoms with van der Waals surface area (Å²) in [4.78, 5) is 25.2. The first-order valence-electron chi connectivity index (χ1n) is 10.8. The van der Waals surface area contributed by atoms with Crippen LogP contribution in [0.3, 0.4) is 0 Å². The molecule has 160 valence electrons. The second-order valence-electron chi connectivity index (χ2n) is 8.14. The zero-order valence-electron chi connectivity index (χ0n) is 17.7. The van der Waals surface area contributed by atoms with E-state index >= 15 is 0 Å². The lowest BCUT2D eigenvalue weighted by Gasteiger charge is -2.26. The van der Waals surface area contributed by atoms with Crippen molar-refractivity contribution < 1.29 is 14.3 Å². The molecule has 1 N–H and O–H groups in total. The fraction of sp³-hybridized carbons (Fsp3) is 0.320. The van der Waals surface area contributed by atoms with E-state index in [0.717, 1.165) is 36.9 Å². The summed E-state index contributed by atoms with van der Waals surface area (Å²) in [6, 6.07) is 19.2. The van der Waals surface area contributed by atoms with Crippen LogP contribution in [-0.2, 0) is 9.53 Å². The number of para-hydroxylation sites is 1. The molecule has 31 heavy (non-hydrogen) atoms. The van der Waals surface area contributed by atoms with Crippen LogP contribution >= 0.6 is 0 Å². The maximum atomic E-state index is 12.9. The molecule has 0 saturated heterocycles. The van der Waals surface area contributed by atoms with Crippen molar-refractivity contribution in [1.29, 1.82) is 0 Å². The van der Waals surface area contributed by atoms with Crippen LogP contribution in [-0.4, -0.2) is 34.3 Å². The quantitative estimate of drug-likeness (QED) is 0.604. The highest BCUT2D eigenvalue weighted by atomic mass is 16.5. The van der Waals surface area contributed by atoms with Crippen LogP contribution in [0.15, 0.2) is 66.9 Å². The number of hydrogen-bond acceptors (Lipinski definition) is 4. The first-order chi connectivity index (χ1) is 15.1. The number of rotatable bonds is 6. The summed E-state index contributed by atoms with van der Waals surface area (Å²) in [7, 11) is 0. The van der Waals surface area contributed by atoms with Gasteiger partial charge >= 0.3 is 5.97 Å². The molecule has 3 aromatic rings. The molecule has 2 aromatic carbocycles. The Kier molecular flexibility index (Phi) is 6.46. The van der Waals surface area contributed by atoms with Crippen molar-refractivity contribution in [3.05, 3.63) is 72.4 Å². The van der Waals surface area contributed by atoms with E-state index < -0.39 is 5.97 Å². The van der Waals surface area contributed by atoms with E-state index in [1.165, 1.54) is 0 Å². The Labute approximate surface area is 182 Å². The van der Waals surface area contributed by atoms with Crippen LogP contribution in [0.1, 0.15) is 43.0 Å². The van der Waals surface area contributed by atoms with Gasteiger partial charge in [0.1, 0.15) is 11.3 Å². The monoisotopic (exact) mass is 417 g/mol. The lowest BCUT2D eigenvalue weighted by atomic mass is 9.87. The summed E-state index contributed by atoms with van der Waals surface area (Å²) in [5.74, 6) is -0.110. The van der Waals surface area contributed by atoms with Crippen LogP contribution in [0.4, 0.5) is 0 Å². The Balaban J connectivity index is 1.47. The van der Waals surface area contributed by atoms with Crippen molar-refractivity contribution in [2.24, 2.45) is 5.92 Å². The Hall–Kier alpha value is -3.41. The third-order valence-corrected chi connectivity index (χ3v) is 5.72. The van der Waals surface area contributed by atoms with Crippen LogP contribution in [0.2, 0.25) is 0 Å². The highest BCUT2D eigenvalue weighted by Crippen LogP contribution is 2.25. The molecule has 0 spiro atoms. The summed E-state index contributed by atoms with van der Waals surface area (Å²) in [5.41, 5.74) is 2.50. The van der Waals surface area contributed by atoms with Crippen LogP contribution in [0.25, 0.3) is 16.9 Å². The van der Waals surface area contributed by atoms with Crippen LogP contribution < -0.4 is 5.32 Å². The number of carbonyl (C=O) groups excluding carboxylic acids is 2. The molecule has 0 aliphatic heterocycles. The van der Waals surface area contributed by atoms with E-state index in [2.05, 4.69) is 17.3 Å². The minimum Gasteiger partial charge on any atom is -0.452 e. The van der Waals surface area contributed by atoms with Crippen molar-refractivity contribution in [3.63, 3.8) is 0 Å². The average Bonchev–Trinajstić information content (AvgIpc) is 3.26. The van der Waals surface area contributed by atoms with Crippen molar-refractivity contribution in [3.8, 4) is 16.9 Å². The molecular formula is C25H27N3O3. The fourth-order valence-electron chi connectivity index (χ4n) is 3.93. The Morgan fingerprint density at radius 1 is 1.00 bits per heavy atom. The van der Waals surface area contributed by atoms with Gasteiger partial charge in [-0.2, -0.15) is 5.10 Å². The number of nitrogens with zero attached hydrogens (tertiary/aromatic N) is 2. The van der Waals surface area contributed by atoms with Crippen molar-refractivity contribution in [2.45, 2.75) is 38.6 Å². The van der Waals surface area contributed by atoms with Gasteiger partial charge in [-0.3, -0.25) is 4.79 Å². The second-order valence-corrected chi connectivity index (χ2v) is 8.14. The molecule has 0 unspecified atom stereocenters. The summed E-state index contributed by atoms with van der Waals surface area (Å²) in [6.07, 6.45) is 5.83. The van der Waals surface area contributed by atoms with Gasteiger partial charge in [-0.25, -0.2) is 9.48 Å². The predicted octanol–water partition coefficient (Wildman–Crippen LogP) is 4.39.